The lowest BCUT2D eigenvalue weighted by Crippen LogP contribution is -2.43. The number of hydrogen-bond acceptors (Lipinski definition) is 4. The summed E-state index contributed by atoms with van der Waals surface area (Å²) in [6.45, 7) is 11.2. The van der Waals surface area contributed by atoms with Gasteiger partial charge in [0.25, 0.3) is 0 Å². The van der Waals surface area contributed by atoms with E-state index in [4.69, 9.17) is 4.74 Å². The molecular formula is C32H36BrNO3. The quantitative estimate of drug-likeness (QED) is 0.384. The van der Waals surface area contributed by atoms with E-state index >= 15 is 0 Å². The zero-order chi connectivity index (χ0) is 26.7. The van der Waals surface area contributed by atoms with Crippen LogP contribution in [0.5, 0.6) is 5.75 Å². The Labute approximate surface area is 228 Å². The molecule has 0 amide bonds. The lowest BCUT2D eigenvalue weighted by molar-refractivity contribution is -0.119. The molecule has 1 heterocycles. The largest absolute Gasteiger partial charge is 0.488 e. The zero-order valence-corrected chi connectivity index (χ0v) is 24.3. The lowest BCUT2D eigenvalue weighted by Gasteiger charge is -2.47. The first-order valence-corrected chi connectivity index (χ1v) is 13.9. The molecule has 0 unspecified atom stereocenters. The number of benzene rings is 2. The number of aryl methyl sites for hydroxylation is 1. The van der Waals surface area contributed by atoms with Crippen molar-refractivity contribution in [2.24, 2.45) is 10.8 Å². The van der Waals surface area contributed by atoms with Gasteiger partial charge in [-0.1, -0.05) is 63.6 Å². The molecule has 0 spiro atoms. The van der Waals surface area contributed by atoms with Gasteiger partial charge in [0.1, 0.15) is 12.4 Å². The van der Waals surface area contributed by atoms with Crippen LogP contribution in [-0.2, 0) is 16.2 Å². The summed E-state index contributed by atoms with van der Waals surface area (Å²) >= 11 is 3.72. The van der Waals surface area contributed by atoms with Crippen molar-refractivity contribution in [3.05, 3.63) is 86.2 Å². The highest BCUT2D eigenvalue weighted by atomic mass is 79.9. The van der Waals surface area contributed by atoms with Gasteiger partial charge in [-0.3, -0.25) is 9.59 Å². The molecule has 3 aliphatic rings. The molecule has 0 bridgehead atoms. The van der Waals surface area contributed by atoms with Crippen molar-refractivity contribution in [1.29, 1.82) is 0 Å². The van der Waals surface area contributed by atoms with Gasteiger partial charge in [0.15, 0.2) is 11.6 Å². The van der Waals surface area contributed by atoms with Crippen molar-refractivity contribution < 1.29 is 14.3 Å². The van der Waals surface area contributed by atoms with E-state index in [0.717, 1.165) is 56.7 Å². The highest BCUT2D eigenvalue weighted by Crippen LogP contribution is 2.54. The maximum Gasteiger partial charge on any atom is 0.162 e. The zero-order valence-electron chi connectivity index (χ0n) is 22.7. The summed E-state index contributed by atoms with van der Waals surface area (Å²) in [7, 11) is 2.04. The molecule has 2 aliphatic carbocycles. The van der Waals surface area contributed by atoms with Crippen LogP contribution in [0, 0.1) is 17.8 Å². The van der Waals surface area contributed by atoms with Gasteiger partial charge < -0.3 is 9.64 Å². The molecule has 194 valence electrons. The molecular weight excluding hydrogens is 526 g/mol. The van der Waals surface area contributed by atoms with Crippen LogP contribution in [0.4, 0.5) is 0 Å². The fourth-order valence-electron chi connectivity index (χ4n) is 6.16. The first-order valence-electron chi connectivity index (χ1n) is 13.1. The average Bonchev–Trinajstić information content (AvgIpc) is 2.79. The Hall–Kier alpha value is -2.66. The van der Waals surface area contributed by atoms with Crippen molar-refractivity contribution in [2.45, 2.75) is 72.8 Å². The second-order valence-corrected chi connectivity index (χ2v) is 13.4. The topological polar surface area (TPSA) is 46.6 Å². The molecule has 2 aromatic carbocycles. The Morgan fingerprint density at radius 2 is 1.41 bits per heavy atom. The summed E-state index contributed by atoms with van der Waals surface area (Å²) in [5.74, 6) is 0.718. The van der Waals surface area contributed by atoms with Gasteiger partial charge in [0.05, 0.1) is 4.47 Å². The average molecular weight is 563 g/mol. The van der Waals surface area contributed by atoms with Crippen LogP contribution >= 0.6 is 15.9 Å². The number of hydrogen-bond donors (Lipinski definition) is 0. The summed E-state index contributed by atoms with van der Waals surface area (Å²) in [6.07, 6.45) is 2.64. The van der Waals surface area contributed by atoms with Gasteiger partial charge in [0.2, 0.25) is 0 Å². The van der Waals surface area contributed by atoms with Crippen LogP contribution in [0.2, 0.25) is 0 Å². The molecule has 37 heavy (non-hydrogen) atoms. The molecule has 0 fully saturated rings. The minimum Gasteiger partial charge on any atom is -0.488 e. The number of nitrogens with zero attached hydrogens (tertiary/aromatic N) is 1. The van der Waals surface area contributed by atoms with E-state index in [9.17, 15) is 9.59 Å². The molecule has 2 aromatic rings. The van der Waals surface area contributed by atoms with Crippen LogP contribution < -0.4 is 4.74 Å². The SMILES string of the molecule is Cc1ccc(COc2ccc(C3C4=C(CC(C)(C)CC4=O)N(C)C4=C3C(=O)CC(C)(C)C4)cc2Br)cc1. The number of carbonyl (C=O) groups is 2. The van der Waals surface area contributed by atoms with Crippen LogP contribution in [0.1, 0.15) is 76.0 Å². The number of carbonyl (C=O) groups excluding carboxylic acids is 2. The van der Waals surface area contributed by atoms with Crippen LogP contribution in [0.15, 0.2) is 69.5 Å². The number of rotatable bonds is 4. The molecule has 5 rings (SSSR count). The van der Waals surface area contributed by atoms with E-state index < -0.39 is 0 Å². The molecule has 0 N–H and O–H groups in total. The van der Waals surface area contributed by atoms with Crippen molar-refractivity contribution in [3.8, 4) is 5.75 Å². The van der Waals surface area contributed by atoms with Gasteiger partial charge in [0, 0.05) is 48.3 Å². The Balaban J connectivity index is 1.56. The molecule has 0 saturated carbocycles. The third kappa shape index (κ3) is 4.95. The van der Waals surface area contributed by atoms with Crippen molar-refractivity contribution in [1.82, 2.24) is 4.90 Å². The van der Waals surface area contributed by atoms with Crippen LogP contribution in [0.25, 0.3) is 0 Å². The smallest absolute Gasteiger partial charge is 0.162 e. The number of allylic oxidation sites excluding steroid dienone is 4. The lowest BCUT2D eigenvalue weighted by atomic mass is 9.64. The van der Waals surface area contributed by atoms with E-state index in [2.05, 4.69) is 79.7 Å². The Bertz CT molecular complexity index is 1290. The first kappa shape index (κ1) is 26.0. The van der Waals surface area contributed by atoms with E-state index in [1.165, 1.54) is 5.56 Å². The van der Waals surface area contributed by atoms with Gasteiger partial charge in [-0.25, -0.2) is 0 Å². The summed E-state index contributed by atoms with van der Waals surface area (Å²) < 4.78 is 6.95. The molecule has 1 aliphatic heterocycles. The fraction of sp³-hybridized carbons (Fsp3) is 0.438. The number of halogens is 1. The predicted molar refractivity (Wildman–Crippen MR) is 150 cm³/mol. The predicted octanol–water partition coefficient (Wildman–Crippen LogP) is 7.65. The maximum atomic E-state index is 13.7. The minimum absolute atomic E-state index is 0.102. The standard InChI is InChI=1S/C32H36BrNO3/c1-19-7-9-20(10-8-19)18-37-27-12-11-21(13-22(27)33)28-29-23(14-31(2,3)16-25(29)35)34(6)24-15-32(4,5)17-26(36)30(24)28/h7-13,28H,14-18H2,1-6H3. The maximum absolute atomic E-state index is 13.7. The van der Waals surface area contributed by atoms with Gasteiger partial charge in [-0.2, -0.15) is 0 Å². The molecule has 0 atom stereocenters. The fourth-order valence-corrected chi connectivity index (χ4v) is 6.67. The second-order valence-electron chi connectivity index (χ2n) is 12.6. The third-order valence-corrected chi connectivity index (χ3v) is 8.60. The monoisotopic (exact) mass is 561 g/mol. The van der Waals surface area contributed by atoms with Crippen molar-refractivity contribution >= 4 is 27.5 Å². The molecule has 0 radical (unpaired) electrons. The third-order valence-electron chi connectivity index (χ3n) is 7.98. The summed E-state index contributed by atoms with van der Waals surface area (Å²) in [6, 6.07) is 14.3. The Morgan fingerprint density at radius 3 is 1.92 bits per heavy atom. The highest BCUT2D eigenvalue weighted by molar-refractivity contribution is 9.10. The minimum atomic E-state index is -0.337. The summed E-state index contributed by atoms with van der Waals surface area (Å²) in [5.41, 5.74) is 6.83. The summed E-state index contributed by atoms with van der Waals surface area (Å²) in [4.78, 5) is 29.5. The van der Waals surface area contributed by atoms with Crippen molar-refractivity contribution in [3.63, 3.8) is 0 Å². The summed E-state index contributed by atoms with van der Waals surface area (Å²) in [5, 5.41) is 0. The van der Waals surface area contributed by atoms with Crippen LogP contribution in [-0.4, -0.2) is 23.5 Å². The van der Waals surface area contributed by atoms with Crippen LogP contribution in [0.3, 0.4) is 0 Å². The number of ketones is 2. The molecule has 0 saturated heterocycles. The van der Waals surface area contributed by atoms with Gasteiger partial charge in [-0.15, -0.1) is 0 Å². The Kier molecular flexibility index (Phi) is 6.50. The van der Waals surface area contributed by atoms with Gasteiger partial charge >= 0.3 is 0 Å². The van der Waals surface area contributed by atoms with Gasteiger partial charge in [-0.05, 0) is 69.8 Å². The van der Waals surface area contributed by atoms with E-state index in [1.807, 2.05) is 25.2 Å². The molecule has 0 aromatic heterocycles. The normalized spacial score (nSPS) is 21.2. The number of Topliss-reactive ketones (excluding diaryl/α,β-unsaturated/α-hetero) is 2. The Morgan fingerprint density at radius 1 is 0.865 bits per heavy atom. The van der Waals surface area contributed by atoms with E-state index in [0.29, 0.717) is 19.4 Å². The first-order chi connectivity index (χ1) is 17.3. The molecule has 4 nitrogen and oxygen atoms in total. The number of ether oxygens (including phenoxy) is 1. The second kappa shape index (κ2) is 9.27. The highest BCUT2D eigenvalue weighted by Gasteiger charge is 2.48. The molecule has 5 heteroatoms. The van der Waals surface area contributed by atoms with Crippen molar-refractivity contribution in [2.75, 3.05) is 7.05 Å². The van der Waals surface area contributed by atoms with E-state index in [-0.39, 0.29) is 28.3 Å². The van der Waals surface area contributed by atoms with E-state index in [1.54, 1.807) is 0 Å².